The summed E-state index contributed by atoms with van der Waals surface area (Å²) in [5, 5.41) is 20.3. The fraction of sp³-hybridized carbons (Fsp3) is 1.00. The Kier molecular flexibility index (Phi) is 2.65. The van der Waals surface area contributed by atoms with Crippen LogP contribution in [0.4, 0.5) is 0 Å². The fourth-order valence-corrected chi connectivity index (χ4v) is 3.14. The summed E-state index contributed by atoms with van der Waals surface area (Å²) in [4.78, 5) is 2.30. The number of hydrogen-bond donors (Lipinski definition) is 2. The second-order valence-electron chi connectivity index (χ2n) is 6.62. The zero-order chi connectivity index (χ0) is 12.2. The second-order valence-corrected chi connectivity index (χ2v) is 6.62. The van der Waals surface area contributed by atoms with Crippen molar-refractivity contribution in [1.82, 2.24) is 4.90 Å². The van der Waals surface area contributed by atoms with Crippen LogP contribution in [0.25, 0.3) is 0 Å². The summed E-state index contributed by atoms with van der Waals surface area (Å²) in [5.74, 6) is -0.849. The van der Waals surface area contributed by atoms with Crippen LogP contribution in [0.3, 0.4) is 0 Å². The summed E-state index contributed by atoms with van der Waals surface area (Å²) >= 11 is 0. The molecule has 16 heavy (non-hydrogen) atoms. The highest BCUT2D eigenvalue weighted by molar-refractivity contribution is 5.10. The van der Waals surface area contributed by atoms with E-state index in [0.717, 1.165) is 25.4 Å². The summed E-state index contributed by atoms with van der Waals surface area (Å²) < 4.78 is 0. The van der Waals surface area contributed by atoms with Gasteiger partial charge in [0.2, 0.25) is 0 Å². The molecule has 0 aromatic heterocycles. The molecular weight excluding hydrogens is 202 g/mol. The minimum Gasteiger partial charge on any atom is -0.364 e. The summed E-state index contributed by atoms with van der Waals surface area (Å²) in [7, 11) is 0. The van der Waals surface area contributed by atoms with Crippen LogP contribution in [-0.4, -0.2) is 39.5 Å². The first-order valence-corrected chi connectivity index (χ1v) is 6.38. The van der Waals surface area contributed by atoms with E-state index in [1.54, 1.807) is 0 Å². The zero-order valence-corrected chi connectivity index (χ0v) is 11.0. The fourth-order valence-electron chi connectivity index (χ4n) is 3.14. The molecule has 0 amide bonds. The maximum absolute atomic E-state index is 10.1. The van der Waals surface area contributed by atoms with Gasteiger partial charge in [-0.15, -0.1) is 0 Å². The summed E-state index contributed by atoms with van der Waals surface area (Å²) in [6.45, 7) is 9.82. The number of aliphatic hydroxyl groups is 2. The molecule has 3 heteroatoms. The van der Waals surface area contributed by atoms with Crippen molar-refractivity contribution in [1.29, 1.82) is 0 Å². The zero-order valence-electron chi connectivity index (χ0n) is 11.0. The molecular formula is C13H25NO2. The van der Waals surface area contributed by atoms with E-state index in [-0.39, 0.29) is 5.41 Å². The first-order valence-electron chi connectivity index (χ1n) is 6.38. The number of nitrogens with zero attached hydrogens (tertiary/aromatic N) is 1. The lowest BCUT2D eigenvalue weighted by molar-refractivity contribution is -0.247. The monoisotopic (exact) mass is 227 g/mol. The Balaban J connectivity index is 2.25. The molecule has 0 radical (unpaired) electrons. The minimum atomic E-state index is -1.64. The quantitative estimate of drug-likeness (QED) is 0.720. The van der Waals surface area contributed by atoms with Gasteiger partial charge in [-0.1, -0.05) is 13.8 Å². The van der Waals surface area contributed by atoms with E-state index in [1.807, 2.05) is 6.92 Å². The van der Waals surface area contributed by atoms with E-state index in [9.17, 15) is 10.2 Å². The van der Waals surface area contributed by atoms with Gasteiger partial charge in [0.1, 0.15) is 0 Å². The normalized spacial score (nSPS) is 35.6. The SMILES string of the molecule is CC(O)(O)C1(C)N(CC2CC2)CCC1(C)C. The van der Waals surface area contributed by atoms with Gasteiger partial charge in [0.15, 0.2) is 5.79 Å². The lowest BCUT2D eigenvalue weighted by Gasteiger charge is -2.50. The molecule has 1 saturated carbocycles. The minimum absolute atomic E-state index is 0.0554. The van der Waals surface area contributed by atoms with Gasteiger partial charge >= 0.3 is 0 Å². The lowest BCUT2D eigenvalue weighted by Crippen LogP contribution is -2.64. The molecule has 2 aliphatic rings. The van der Waals surface area contributed by atoms with Crippen molar-refractivity contribution in [2.24, 2.45) is 11.3 Å². The molecule has 0 aromatic carbocycles. The summed E-state index contributed by atoms with van der Waals surface area (Å²) in [6, 6.07) is 0. The Morgan fingerprint density at radius 1 is 1.25 bits per heavy atom. The Bertz CT molecular complexity index is 278. The standard InChI is InChI=1S/C13H25NO2/c1-11(2)7-8-14(9-10-5-6-10)12(11,3)13(4,15)16/h10,15-16H,5-9H2,1-4H3. The van der Waals surface area contributed by atoms with E-state index in [2.05, 4.69) is 18.7 Å². The first-order chi connectivity index (χ1) is 7.18. The molecule has 3 nitrogen and oxygen atoms in total. The van der Waals surface area contributed by atoms with Gasteiger partial charge in [-0.2, -0.15) is 0 Å². The molecule has 2 fully saturated rings. The third-order valence-electron chi connectivity index (χ3n) is 5.05. The van der Waals surface area contributed by atoms with Crippen molar-refractivity contribution in [3.05, 3.63) is 0 Å². The molecule has 2 rings (SSSR count). The Morgan fingerprint density at radius 2 is 1.81 bits per heavy atom. The molecule has 94 valence electrons. The van der Waals surface area contributed by atoms with Gasteiger partial charge in [-0.05, 0) is 51.0 Å². The second kappa shape index (κ2) is 3.44. The molecule has 0 bridgehead atoms. The van der Waals surface area contributed by atoms with Gasteiger partial charge in [0.25, 0.3) is 0 Å². The third-order valence-corrected chi connectivity index (χ3v) is 5.05. The predicted octanol–water partition coefficient (Wildman–Crippen LogP) is 1.59. The average molecular weight is 227 g/mol. The topological polar surface area (TPSA) is 43.7 Å². The van der Waals surface area contributed by atoms with Crippen LogP contribution < -0.4 is 0 Å². The van der Waals surface area contributed by atoms with E-state index < -0.39 is 11.3 Å². The van der Waals surface area contributed by atoms with Crippen LogP contribution >= 0.6 is 0 Å². The van der Waals surface area contributed by atoms with Gasteiger partial charge in [0.05, 0.1) is 5.54 Å². The van der Waals surface area contributed by atoms with E-state index in [1.165, 1.54) is 19.8 Å². The van der Waals surface area contributed by atoms with Crippen molar-refractivity contribution in [2.75, 3.05) is 13.1 Å². The van der Waals surface area contributed by atoms with Crippen LogP contribution in [0.1, 0.15) is 47.0 Å². The molecule has 1 atom stereocenters. The Morgan fingerprint density at radius 3 is 2.25 bits per heavy atom. The third kappa shape index (κ3) is 1.69. The van der Waals surface area contributed by atoms with Crippen LogP contribution in [0, 0.1) is 11.3 Å². The van der Waals surface area contributed by atoms with Gasteiger partial charge in [0, 0.05) is 6.54 Å². The van der Waals surface area contributed by atoms with Crippen molar-refractivity contribution >= 4 is 0 Å². The van der Waals surface area contributed by atoms with Gasteiger partial charge < -0.3 is 10.2 Å². The summed E-state index contributed by atoms with van der Waals surface area (Å²) in [6.07, 6.45) is 3.65. The lowest BCUT2D eigenvalue weighted by atomic mass is 9.69. The molecule has 1 unspecified atom stereocenters. The molecule has 1 aliphatic heterocycles. The van der Waals surface area contributed by atoms with Crippen LogP contribution in [0.2, 0.25) is 0 Å². The predicted molar refractivity (Wildman–Crippen MR) is 63.9 cm³/mol. The maximum atomic E-state index is 10.1. The molecule has 2 N–H and O–H groups in total. The highest BCUT2D eigenvalue weighted by atomic mass is 16.5. The van der Waals surface area contributed by atoms with Gasteiger partial charge in [-0.3, -0.25) is 4.90 Å². The Hall–Kier alpha value is -0.120. The van der Waals surface area contributed by atoms with E-state index >= 15 is 0 Å². The van der Waals surface area contributed by atoms with E-state index in [0.29, 0.717) is 0 Å². The van der Waals surface area contributed by atoms with E-state index in [4.69, 9.17) is 0 Å². The van der Waals surface area contributed by atoms with Crippen molar-refractivity contribution in [2.45, 2.75) is 58.3 Å². The Labute approximate surface area is 98.5 Å². The number of rotatable bonds is 3. The summed E-state index contributed by atoms with van der Waals surface area (Å²) in [5.41, 5.74) is -0.595. The number of likely N-dealkylation sites (tertiary alicyclic amines) is 1. The molecule has 1 heterocycles. The van der Waals surface area contributed by atoms with Gasteiger partial charge in [-0.25, -0.2) is 0 Å². The average Bonchev–Trinajstić information content (AvgIpc) is 2.88. The molecule has 1 aliphatic carbocycles. The van der Waals surface area contributed by atoms with Crippen molar-refractivity contribution in [3.63, 3.8) is 0 Å². The maximum Gasteiger partial charge on any atom is 0.178 e. The van der Waals surface area contributed by atoms with Crippen LogP contribution in [0.15, 0.2) is 0 Å². The molecule has 0 aromatic rings. The highest BCUT2D eigenvalue weighted by Crippen LogP contribution is 2.51. The van der Waals surface area contributed by atoms with Crippen molar-refractivity contribution in [3.8, 4) is 0 Å². The highest BCUT2D eigenvalue weighted by Gasteiger charge is 2.60. The molecule has 1 saturated heterocycles. The first kappa shape index (κ1) is 12.3. The number of hydrogen-bond acceptors (Lipinski definition) is 3. The smallest absolute Gasteiger partial charge is 0.178 e. The van der Waals surface area contributed by atoms with Crippen molar-refractivity contribution < 1.29 is 10.2 Å². The van der Waals surface area contributed by atoms with Crippen LogP contribution in [0.5, 0.6) is 0 Å². The largest absolute Gasteiger partial charge is 0.364 e. The van der Waals surface area contributed by atoms with Crippen LogP contribution in [-0.2, 0) is 0 Å². The molecule has 0 spiro atoms.